The van der Waals surface area contributed by atoms with Crippen LogP contribution < -0.4 is 5.32 Å². The summed E-state index contributed by atoms with van der Waals surface area (Å²) in [4.78, 5) is 22.7. The summed E-state index contributed by atoms with van der Waals surface area (Å²) in [5, 5.41) is 11.6. The van der Waals surface area contributed by atoms with Gasteiger partial charge in [-0.2, -0.15) is 0 Å². The monoisotopic (exact) mass is 289 g/mol. The Bertz CT molecular complexity index is 324. The Morgan fingerprint density at radius 3 is 2.20 bits per heavy atom. The van der Waals surface area contributed by atoms with Crippen molar-refractivity contribution in [3.8, 4) is 0 Å². The Balaban J connectivity index is 4.87. The third-order valence-corrected chi connectivity index (χ3v) is 3.02. The van der Waals surface area contributed by atoms with Gasteiger partial charge < -0.3 is 19.9 Å². The molecule has 0 aliphatic carbocycles. The molecule has 0 heterocycles. The Morgan fingerprint density at radius 2 is 1.85 bits per heavy atom. The van der Waals surface area contributed by atoms with E-state index in [4.69, 9.17) is 14.6 Å². The van der Waals surface area contributed by atoms with Gasteiger partial charge in [0.15, 0.2) is 0 Å². The highest BCUT2D eigenvalue weighted by molar-refractivity contribution is 5.69. The van der Waals surface area contributed by atoms with Crippen LogP contribution in [0.1, 0.15) is 47.5 Å². The van der Waals surface area contributed by atoms with E-state index in [0.717, 1.165) is 6.42 Å². The minimum Gasteiger partial charge on any atom is -0.481 e. The molecule has 0 aliphatic heterocycles. The van der Waals surface area contributed by atoms with Gasteiger partial charge in [0, 0.05) is 7.11 Å². The zero-order chi connectivity index (χ0) is 15.9. The molecule has 0 saturated heterocycles. The Labute approximate surface area is 120 Å². The molecule has 0 unspecified atom stereocenters. The van der Waals surface area contributed by atoms with Gasteiger partial charge in [0.05, 0.1) is 18.6 Å². The molecule has 20 heavy (non-hydrogen) atoms. The average Bonchev–Trinajstić information content (AvgIpc) is 2.29. The summed E-state index contributed by atoms with van der Waals surface area (Å²) < 4.78 is 10.4. The molecule has 0 spiro atoms. The molecule has 0 radical (unpaired) electrons. The molecule has 0 bridgehead atoms. The number of hydrogen-bond donors (Lipinski definition) is 2. The molecule has 0 aliphatic rings. The van der Waals surface area contributed by atoms with E-state index in [1.54, 1.807) is 20.8 Å². The number of methoxy groups -OCH3 is 1. The minimum atomic E-state index is -0.962. The van der Waals surface area contributed by atoms with Crippen molar-refractivity contribution in [2.75, 3.05) is 7.11 Å². The number of carboxylic acids is 1. The largest absolute Gasteiger partial charge is 0.481 e. The van der Waals surface area contributed by atoms with Gasteiger partial charge in [-0.05, 0) is 26.7 Å². The number of alkyl carbamates (subject to hydrolysis) is 1. The number of ether oxygens (including phenoxy) is 2. The fraction of sp³-hybridized carbons (Fsp3) is 0.857. The van der Waals surface area contributed by atoms with Gasteiger partial charge in [0.25, 0.3) is 0 Å². The Kier molecular flexibility index (Phi) is 7.57. The van der Waals surface area contributed by atoms with Gasteiger partial charge in [-0.15, -0.1) is 0 Å². The maximum absolute atomic E-state index is 11.9. The highest BCUT2D eigenvalue weighted by atomic mass is 16.6. The van der Waals surface area contributed by atoms with Crippen LogP contribution in [0.25, 0.3) is 0 Å². The molecule has 6 nitrogen and oxygen atoms in total. The van der Waals surface area contributed by atoms with Crippen LogP contribution in [0.5, 0.6) is 0 Å². The fourth-order valence-electron chi connectivity index (χ4n) is 1.83. The zero-order valence-corrected chi connectivity index (χ0v) is 13.2. The third kappa shape index (κ3) is 7.33. The van der Waals surface area contributed by atoms with Crippen molar-refractivity contribution in [2.24, 2.45) is 5.92 Å². The Morgan fingerprint density at radius 1 is 1.30 bits per heavy atom. The van der Waals surface area contributed by atoms with Gasteiger partial charge >= 0.3 is 12.1 Å². The molecule has 0 rings (SSSR count). The molecule has 0 fully saturated rings. The van der Waals surface area contributed by atoms with E-state index in [1.165, 1.54) is 7.11 Å². The van der Waals surface area contributed by atoms with Crippen LogP contribution in [0.3, 0.4) is 0 Å². The molecular formula is C14H27NO5. The van der Waals surface area contributed by atoms with E-state index >= 15 is 0 Å². The molecule has 0 aromatic carbocycles. The smallest absolute Gasteiger partial charge is 0.407 e. The molecule has 1 amide bonds. The second-order valence-electron chi connectivity index (χ2n) is 5.93. The molecule has 0 saturated carbocycles. The first-order valence-electron chi connectivity index (χ1n) is 6.84. The number of aliphatic carboxylic acids is 1. The van der Waals surface area contributed by atoms with E-state index in [0.29, 0.717) is 0 Å². The fourth-order valence-corrected chi connectivity index (χ4v) is 1.83. The number of carbonyl (C=O) groups is 2. The number of nitrogens with one attached hydrogen (secondary N) is 1. The first-order valence-corrected chi connectivity index (χ1v) is 6.84. The lowest BCUT2D eigenvalue weighted by Gasteiger charge is -2.31. The lowest BCUT2D eigenvalue weighted by atomic mass is 9.92. The molecule has 6 heteroatoms. The molecule has 0 aromatic rings. The minimum absolute atomic E-state index is 0.0758. The SMILES string of the molecule is CC[C@H](C)[C@H](NC(=O)OC(C)(C)C)[C@@H](CC(=O)O)OC. The first-order chi connectivity index (χ1) is 9.10. The van der Waals surface area contributed by atoms with Crippen LogP contribution in [0, 0.1) is 5.92 Å². The van der Waals surface area contributed by atoms with E-state index in [2.05, 4.69) is 5.32 Å². The normalized spacial score (nSPS) is 16.1. The summed E-state index contributed by atoms with van der Waals surface area (Å²) in [5.41, 5.74) is -0.598. The van der Waals surface area contributed by atoms with Gasteiger partial charge in [-0.25, -0.2) is 4.79 Å². The highest BCUT2D eigenvalue weighted by Gasteiger charge is 2.31. The van der Waals surface area contributed by atoms with Crippen LogP contribution in [0.4, 0.5) is 4.79 Å². The highest BCUT2D eigenvalue weighted by Crippen LogP contribution is 2.17. The summed E-state index contributed by atoms with van der Waals surface area (Å²) in [5.74, 6) is -0.886. The quantitative estimate of drug-likeness (QED) is 0.752. The van der Waals surface area contributed by atoms with Gasteiger partial charge in [0.2, 0.25) is 0 Å². The first kappa shape index (κ1) is 18.7. The van der Waals surface area contributed by atoms with E-state index in [-0.39, 0.29) is 12.3 Å². The summed E-state index contributed by atoms with van der Waals surface area (Å²) in [6.45, 7) is 9.24. The van der Waals surface area contributed by atoms with Gasteiger partial charge in [0.1, 0.15) is 5.60 Å². The predicted molar refractivity (Wildman–Crippen MR) is 75.7 cm³/mol. The van der Waals surface area contributed by atoms with Crippen LogP contribution in [0.15, 0.2) is 0 Å². The lowest BCUT2D eigenvalue weighted by molar-refractivity contribution is -0.140. The second-order valence-corrected chi connectivity index (χ2v) is 5.93. The van der Waals surface area contributed by atoms with Crippen LogP contribution in [-0.4, -0.2) is 42.0 Å². The molecular weight excluding hydrogens is 262 g/mol. The van der Waals surface area contributed by atoms with Gasteiger partial charge in [-0.3, -0.25) is 4.79 Å². The standard InChI is InChI=1S/C14H27NO5/c1-7-9(2)12(10(19-6)8-11(16)17)15-13(18)20-14(3,4)5/h9-10,12H,7-8H2,1-6H3,(H,15,18)(H,16,17)/t9-,10+,12-/m0/s1. The summed E-state index contributed by atoms with van der Waals surface area (Å²) in [6, 6.07) is -0.407. The maximum atomic E-state index is 11.9. The van der Waals surface area contributed by atoms with Gasteiger partial charge in [-0.1, -0.05) is 20.3 Å². The van der Waals surface area contributed by atoms with Crippen molar-refractivity contribution < 1.29 is 24.2 Å². The summed E-state index contributed by atoms with van der Waals surface area (Å²) in [7, 11) is 1.44. The van der Waals surface area contributed by atoms with Crippen molar-refractivity contribution in [3.05, 3.63) is 0 Å². The Hall–Kier alpha value is -1.30. The van der Waals surface area contributed by atoms with Crippen molar-refractivity contribution in [3.63, 3.8) is 0 Å². The number of carboxylic acid groups (broad SMARTS) is 1. The van der Waals surface area contributed by atoms with Crippen LogP contribution in [0.2, 0.25) is 0 Å². The number of hydrogen-bond acceptors (Lipinski definition) is 4. The van der Waals surface area contributed by atoms with Crippen molar-refractivity contribution in [1.82, 2.24) is 5.32 Å². The topological polar surface area (TPSA) is 84.9 Å². The number of rotatable bonds is 7. The molecule has 0 aromatic heterocycles. The number of amides is 1. The third-order valence-electron chi connectivity index (χ3n) is 3.02. The number of carbonyl (C=O) groups excluding carboxylic acids is 1. The lowest BCUT2D eigenvalue weighted by Crippen LogP contribution is -2.50. The van der Waals surface area contributed by atoms with E-state index in [9.17, 15) is 9.59 Å². The van der Waals surface area contributed by atoms with Crippen molar-refractivity contribution >= 4 is 12.1 Å². The van der Waals surface area contributed by atoms with Crippen molar-refractivity contribution in [1.29, 1.82) is 0 Å². The molecule has 118 valence electrons. The average molecular weight is 289 g/mol. The van der Waals surface area contributed by atoms with Crippen molar-refractivity contribution in [2.45, 2.75) is 65.2 Å². The zero-order valence-electron chi connectivity index (χ0n) is 13.2. The molecule has 3 atom stereocenters. The maximum Gasteiger partial charge on any atom is 0.407 e. The summed E-state index contributed by atoms with van der Waals surface area (Å²) in [6.07, 6.45) is -0.522. The van der Waals surface area contributed by atoms with Crippen LogP contribution >= 0.6 is 0 Å². The van der Waals surface area contributed by atoms with E-state index < -0.39 is 29.8 Å². The summed E-state index contributed by atoms with van der Waals surface area (Å²) >= 11 is 0. The molecule has 2 N–H and O–H groups in total. The second kappa shape index (κ2) is 8.09. The van der Waals surface area contributed by atoms with E-state index in [1.807, 2.05) is 13.8 Å². The predicted octanol–water partition coefficient (Wildman–Crippen LogP) is 2.42. The van der Waals surface area contributed by atoms with Crippen LogP contribution in [-0.2, 0) is 14.3 Å².